The van der Waals surface area contributed by atoms with Crippen molar-refractivity contribution in [1.82, 2.24) is 10.2 Å². The molecule has 0 fully saturated rings. The van der Waals surface area contributed by atoms with E-state index in [0.717, 1.165) is 0 Å². The van der Waals surface area contributed by atoms with Gasteiger partial charge >= 0.3 is 0 Å². The number of rotatable bonds is 2. The summed E-state index contributed by atoms with van der Waals surface area (Å²) in [6, 6.07) is 8.10. The van der Waals surface area contributed by atoms with Crippen molar-refractivity contribution >= 4 is 34.0 Å². The molecule has 6 heteroatoms. The van der Waals surface area contributed by atoms with Gasteiger partial charge in [-0.2, -0.15) is 5.10 Å². The number of halogens is 1. The average Bonchev–Trinajstić information content (AvgIpc) is 2.99. The predicted octanol–water partition coefficient (Wildman–Crippen LogP) is 3.02. The molecule has 0 radical (unpaired) electrons. The maximum Gasteiger partial charge on any atom is 0.266 e. The van der Waals surface area contributed by atoms with E-state index in [2.05, 4.69) is 15.5 Å². The zero-order chi connectivity index (χ0) is 12.5. The minimum Gasteiger partial charge on any atom is -0.304 e. The Morgan fingerprint density at radius 1 is 1.33 bits per heavy atom. The molecule has 0 saturated heterocycles. The molecule has 0 aliphatic rings. The summed E-state index contributed by atoms with van der Waals surface area (Å²) in [6.45, 7) is 0. The van der Waals surface area contributed by atoms with Crippen molar-refractivity contribution in [2.24, 2.45) is 0 Å². The highest BCUT2D eigenvalue weighted by Gasteiger charge is 2.14. The number of hydrogen-bond acceptors (Lipinski definition) is 3. The van der Waals surface area contributed by atoms with Crippen LogP contribution in [0.3, 0.4) is 0 Å². The lowest BCUT2D eigenvalue weighted by atomic mass is 10.2. The zero-order valence-electron chi connectivity index (χ0n) is 9.11. The first-order valence-electron chi connectivity index (χ1n) is 5.23. The lowest BCUT2D eigenvalue weighted by molar-refractivity contribution is 0.103. The van der Waals surface area contributed by atoms with E-state index in [0.29, 0.717) is 15.8 Å². The Morgan fingerprint density at radius 3 is 3.00 bits per heavy atom. The molecule has 0 spiro atoms. The number of amides is 1. The zero-order valence-corrected chi connectivity index (χ0v) is 9.92. The van der Waals surface area contributed by atoms with Gasteiger partial charge in [-0.15, -0.1) is 11.3 Å². The Morgan fingerprint density at radius 2 is 2.22 bits per heavy atom. The molecule has 1 aromatic carbocycles. The van der Waals surface area contributed by atoms with Crippen LogP contribution in [0.5, 0.6) is 0 Å². The van der Waals surface area contributed by atoms with Crippen molar-refractivity contribution in [2.45, 2.75) is 0 Å². The molecule has 3 aromatic rings. The summed E-state index contributed by atoms with van der Waals surface area (Å²) < 4.78 is 13.7. The van der Waals surface area contributed by atoms with Crippen molar-refractivity contribution in [2.75, 3.05) is 5.32 Å². The number of aromatic amines is 1. The van der Waals surface area contributed by atoms with Gasteiger partial charge in [0.15, 0.2) is 5.82 Å². The van der Waals surface area contributed by atoms with Gasteiger partial charge in [0, 0.05) is 0 Å². The monoisotopic (exact) mass is 261 g/mol. The smallest absolute Gasteiger partial charge is 0.266 e. The number of aromatic nitrogens is 2. The second kappa shape index (κ2) is 4.23. The summed E-state index contributed by atoms with van der Waals surface area (Å²) in [6.07, 6.45) is 0. The van der Waals surface area contributed by atoms with Crippen LogP contribution in [0.1, 0.15) is 9.67 Å². The van der Waals surface area contributed by atoms with Gasteiger partial charge < -0.3 is 5.32 Å². The molecule has 90 valence electrons. The molecule has 0 saturated carbocycles. The maximum atomic E-state index is 13.7. The fraction of sp³-hybridized carbons (Fsp3) is 0. The standard InChI is InChI=1S/C12H8FN3OS/c13-7-3-1-4-8-10(7)11(16-15-8)14-12(17)9-5-2-6-18-9/h1-6H,(H2,14,15,16,17). The molecule has 3 rings (SSSR count). The van der Waals surface area contributed by atoms with Crippen molar-refractivity contribution in [3.05, 3.63) is 46.4 Å². The van der Waals surface area contributed by atoms with Crippen molar-refractivity contribution in [1.29, 1.82) is 0 Å². The molecule has 0 bridgehead atoms. The Hall–Kier alpha value is -2.21. The van der Waals surface area contributed by atoms with Gasteiger partial charge in [0.2, 0.25) is 0 Å². The van der Waals surface area contributed by atoms with Crippen LogP contribution in [0.25, 0.3) is 10.9 Å². The molecule has 0 atom stereocenters. The highest BCUT2D eigenvalue weighted by molar-refractivity contribution is 7.12. The van der Waals surface area contributed by atoms with E-state index in [9.17, 15) is 9.18 Å². The second-order valence-electron chi connectivity index (χ2n) is 3.67. The Labute approximate surface area is 105 Å². The van der Waals surface area contributed by atoms with Crippen molar-refractivity contribution in [3.63, 3.8) is 0 Å². The van der Waals surface area contributed by atoms with Crippen molar-refractivity contribution < 1.29 is 9.18 Å². The van der Waals surface area contributed by atoms with Crippen LogP contribution in [0, 0.1) is 5.82 Å². The molecule has 2 heterocycles. The van der Waals surface area contributed by atoms with E-state index in [4.69, 9.17) is 0 Å². The fourth-order valence-electron chi connectivity index (χ4n) is 1.70. The summed E-state index contributed by atoms with van der Waals surface area (Å²) in [4.78, 5) is 12.4. The predicted molar refractivity (Wildman–Crippen MR) is 68.3 cm³/mol. The molecule has 2 N–H and O–H groups in total. The minimum absolute atomic E-state index is 0.210. The number of nitrogens with zero attached hydrogens (tertiary/aromatic N) is 1. The van der Waals surface area contributed by atoms with Crippen LogP contribution < -0.4 is 5.32 Å². The lowest BCUT2D eigenvalue weighted by Gasteiger charge is -2.00. The van der Waals surface area contributed by atoms with Crippen LogP contribution in [-0.2, 0) is 0 Å². The van der Waals surface area contributed by atoms with E-state index >= 15 is 0 Å². The van der Waals surface area contributed by atoms with E-state index in [1.165, 1.54) is 17.4 Å². The molecule has 0 unspecified atom stereocenters. The van der Waals surface area contributed by atoms with E-state index < -0.39 is 5.82 Å². The van der Waals surface area contributed by atoms with E-state index in [1.54, 1.807) is 29.6 Å². The van der Waals surface area contributed by atoms with Gasteiger partial charge in [0.25, 0.3) is 5.91 Å². The summed E-state index contributed by atoms with van der Waals surface area (Å²) in [5.74, 6) is -0.495. The lowest BCUT2D eigenvalue weighted by Crippen LogP contribution is -2.10. The number of hydrogen-bond donors (Lipinski definition) is 2. The Balaban J connectivity index is 1.98. The number of carbonyl (C=O) groups is 1. The molecule has 1 amide bonds. The minimum atomic E-state index is -0.414. The molecular formula is C12H8FN3OS. The largest absolute Gasteiger partial charge is 0.304 e. The third-order valence-corrected chi connectivity index (χ3v) is 3.38. The van der Waals surface area contributed by atoms with Gasteiger partial charge in [-0.1, -0.05) is 12.1 Å². The normalized spacial score (nSPS) is 10.7. The number of nitrogens with one attached hydrogen (secondary N) is 2. The van der Waals surface area contributed by atoms with Gasteiger partial charge in [0.05, 0.1) is 15.8 Å². The van der Waals surface area contributed by atoms with Gasteiger partial charge in [0.1, 0.15) is 5.82 Å². The van der Waals surface area contributed by atoms with E-state index in [-0.39, 0.29) is 11.7 Å². The first kappa shape index (κ1) is 10.9. The topological polar surface area (TPSA) is 57.8 Å². The number of anilines is 1. The van der Waals surface area contributed by atoms with Crippen LogP contribution >= 0.6 is 11.3 Å². The van der Waals surface area contributed by atoms with Crippen molar-refractivity contribution in [3.8, 4) is 0 Å². The number of fused-ring (bicyclic) bond motifs is 1. The SMILES string of the molecule is O=C(Nc1n[nH]c2cccc(F)c12)c1cccs1. The average molecular weight is 261 g/mol. The molecule has 0 aliphatic carbocycles. The second-order valence-corrected chi connectivity index (χ2v) is 4.61. The quantitative estimate of drug-likeness (QED) is 0.745. The highest BCUT2D eigenvalue weighted by atomic mass is 32.1. The molecular weight excluding hydrogens is 253 g/mol. The third kappa shape index (κ3) is 1.76. The number of carbonyl (C=O) groups excluding carboxylic acids is 1. The molecule has 0 aliphatic heterocycles. The fourth-order valence-corrected chi connectivity index (χ4v) is 2.32. The Bertz CT molecular complexity index is 705. The van der Waals surface area contributed by atoms with Gasteiger partial charge in [-0.3, -0.25) is 9.89 Å². The number of H-pyrrole nitrogens is 1. The summed E-state index contributed by atoms with van der Waals surface area (Å²) in [5.41, 5.74) is 0.552. The van der Waals surface area contributed by atoms with Crippen LogP contribution in [-0.4, -0.2) is 16.1 Å². The molecule has 18 heavy (non-hydrogen) atoms. The van der Waals surface area contributed by atoms with Gasteiger partial charge in [-0.05, 0) is 23.6 Å². The van der Waals surface area contributed by atoms with E-state index in [1.807, 2.05) is 0 Å². The summed E-state index contributed by atoms with van der Waals surface area (Å²) in [7, 11) is 0. The first-order chi connectivity index (χ1) is 8.75. The first-order valence-corrected chi connectivity index (χ1v) is 6.11. The highest BCUT2D eigenvalue weighted by Crippen LogP contribution is 2.24. The van der Waals surface area contributed by atoms with Crippen LogP contribution in [0.15, 0.2) is 35.7 Å². The number of thiophene rings is 1. The number of benzene rings is 1. The molecule has 4 nitrogen and oxygen atoms in total. The third-order valence-electron chi connectivity index (χ3n) is 2.52. The summed E-state index contributed by atoms with van der Waals surface area (Å²) >= 11 is 1.32. The van der Waals surface area contributed by atoms with Gasteiger partial charge in [-0.25, -0.2) is 4.39 Å². The Kier molecular flexibility index (Phi) is 2.56. The maximum absolute atomic E-state index is 13.7. The summed E-state index contributed by atoms with van der Waals surface area (Å²) in [5, 5.41) is 11.3. The van der Waals surface area contributed by atoms with Crippen LogP contribution in [0.2, 0.25) is 0 Å². The van der Waals surface area contributed by atoms with Crippen LogP contribution in [0.4, 0.5) is 10.2 Å². The molecule has 2 aromatic heterocycles.